The predicted molar refractivity (Wildman–Crippen MR) is 62.7 cm³/mol. The fourth-order valence-electron chi connectivity index (χ4n) is 2.54. The highest BCUT2D eigenvalue weighted by Crippen LogP contribution is 2.46. The standard InChI is InChI=1S/C13H26O2/c1-11(2,3)13(15)8-6-7-10(9-13)12(4,5)14/h10,14-15H,6-9H2,1-5H3. The SMILES string of the molecule is CC(C)(O)C1CCCC(O)(C(C)(C)C)C1. The monoisotopic (exact) mass is 214 g/mol. The van der Waals surface area contributed by atoms with Crippen LogP contribution in [0.2, 0.25) is 0 Å². The average molecular weight is 214 g/mol. The summed E-state index contributed by atoms with van der Waals surface area (Å²) >= 11 is 0. The number of hydrogen-bond acceptors (Lipinski definition) is 2. The summed E-state index contributed by atoms with van der Waals surface area (Å²) in [4.78, 5) is 0. The minimum absolute atomic E-state index is 0.100. The van der Waals surface area contributed by atoms with Crippen molar-refractivity contribution in [2.24, 2.45) is 11.3 Å². The van der Waals surface area contributed by atoms with Crippen molar-refractivity contribution in [3.63, 3.8) is 0 Å². The molecule has 0 bridgehead atoms. The zero-order valence-electron chi connectivity index (χ0n) is 10.8. The Morgan fingerprint density at radius 1 is 1.13 bits per heavy atom. The van der Waals surface area contributed by atoms with E-state index in [0.29, 0.717) is 0 Å². The first kappa shape index (κ1) is 13.0. The van der Waals surface area contributed by atoms with E-state index in [0.717, 1.165) is 25.7 Å². The molecular formula is C13H26O2. The highest BCUT2D eigenvalue weighted by molar-refractivity contribution is 4.98. The van der Waals surface area contributed by atoms with Gasteiger partial charge in [-0.15, -0.1) is 0 Å². The van der Waals surface area contributed by atoms with E-state index in [1.807, 2.05) is 13.8 Å². The van der Waals surface area contributed by atoms with Gasteiger partial charge in [0.25, 0.3) is 0 Å². The zero-order valence-corrected chi connectivity index (χ0v) is 10.8. The zero-order chi connectivity index (χ0) is 11.9. The van der Waals surface area contributed by atoms with Gasteiger partial charge in [-0.1, -0.05) is 27.2 Å². The van der Waals surface area contributed by atoms with Gasteiger partial charge in [0.2, 0.25) is 0 Å². The van der Waals surface area contributed by atoms with Crippen molar-refractivity contribution in [1.29, 1.82) is 0 Å². The molecule has 0 spiro atoms. The number of hydrogen-bond donors (Lipinski definition) is 2. The highest BCUT2D eigenvalue weighted by atomic mass is 16.3. The summed E-state index contributed by atoms with van der Waals surface area (Å²) in [5, 5.41) is 20.7. The fourth-order valence-corrected chi connectivity index (χ4v) is 2.54. The van der Waals surface area contributed by atoms with Crippen LogP contribution in [0.15, 0.2) is 0 Å². The second-order valence-corrected chi connectivity index (χ2v) is 6.73. The predicted octanol–water partition coefficient (Wildman–Crippen LogP) is 2.72. The second-order valence-electron chi connectivity index (χ2n) is 6.73. The highest BCUT2D eigenvalue weighted by Gasteiger charge is 2.46. The third kappa shape index (κ3) is 2.73. The van der Waals surface area contributed by atoms with Crippen molar-refractivity contribution in [3.05, 3.63) is 0 Å². The molecule has 90 valence electrons. The van der Waals surface area contributed by atoms with E-state index in [1.165, 1.54) is 0 Å². The van der Waals surface area contributed by atoms with E-state index < -0.39 is 11.2 Å². The molecule has 2 N–H and O–H groups in total. The van der Waals surface area contributed by atoms with Crippen molar-refractivity contribution >= 4 is 0 Å². The van der Waals surface area contributed by atoms with Crippen LogP contribution in [0.3, 0.4) is 0 Å². The molecular weight excluding hydrogens is 188 g/mol. The lowest BCUT2D eigenvalue weighted by Gasteiger charge is -2.48. The molecule has 1 rings (SSSR count). The van der Waals surface area contributed by atoms with Gasteiger partial charge >= 0.3 is 0 Å². The Hall–Kier alpha value is -0.0800. The lowest BCUT2D eigenvalue weighted by Crippen LogP contribution is -2.50. The molecule has 0 amide bonds. The minimum Gasteiger partial charge on any atom is -0.390 e. The summed E-state index contributed by atoms with van der Waals surface area (Å²) in [6.07, 6.45) is 3.63. The molecule has 0 radical (unpaired) electrons. The van der Waals surface area contributed by atoms with Crippen LogP contribution in [0, 0.1) is 11.3 Å². The van der Waals surface area contributed by atoms with Crippen molar-refractivity contribution in [2.75, 3.05) is 0 Å². The Morgan fingerprint density at radius 2 is 1.67 bits per heavy atom. The van der Waals surface area contributed by atoms with Crippen molar-refractivity contribution in [2.45, 2.75) is 71.5 Å². The van der Waals surface area contributed by atoms with Crippen LogP contribution in [-0.4, -0.2) is 21.4 Å². The maximum atomic E-state index is 10.6. The summed E-state index contributed by atoms with van der Waals surface area (Å²) in [6.45, 7) is 9.96. The molecule has 1 aliphatic rings. The summed E-state index contributed by atoms with van der Waals surface area (Å²) in [6, 6.07) is 0. The third-order valence-electron chi connectivity index (χ3n) is 4.12. The van der Waals surface area contributed by atoms with Crippen LogP contribution in [0.4, 0.5) is 0 Å². The molecule has 2 nitrogen and oxygen atoms in total. The molecule has 2 atom stereocenters. The first-order valence-corrected chi connectivity index (χ1v) is 6.01. The first-order valence-electron chi connectivity index (χ1n) is 6.01. The molecule has 0 aromatic rings. The van der Waals surface area contributed by atoms with Gasteiger partial charge in [0.15, 0.2) is 0 Å². The summed E-state index contributed by atoms with van der Waals surface area (Å²) in [5.41, 5.74) is -1.38. The first-order chi connectivity index (χ1) is 6.56. The Bertz CT molecular complexity index is 222. The Kier molecular flexibility index (Phi) is 3.24. The summed E-state index contributed by atoms with van der Waals surface area (Å²) in [5.74, 6) is 0.218. The number of rotatable bonds is 1. The van der Waals surface area contributed by atoms with E-state index in [2.05, 4.69) is 20.8 Å². The minimum atomic E-state index is -0.667. The van der Waals surface area contributed by atoms with Gasteiger partial charge in [0.1, 0.15) is 0 Å². The van der Waals surface area contributed by atoms with Gasteiger partial charge < -0.3 is 10.2 Å². The molecule has 0 aliphatic heterocycles. The summed E-state index contributed by atoms with van der Waals surface area (Å²) < 4.78 is 0. The molecule has 1 aliphatic carbocycles. The Morgan fingerprint density at radius 3 is 2.07 bits per heavy atom. The van der Waals surface area contributed by atoms with Crippen LogP contribution in [0.5, 0.6) is 0 Å². The molecule has 1 saturated carbocycles. The lowest BCUT2D eigenvalue weighted by molar-refractivity contribution is -0.128. The van der Waals surface area contributed by atoms with E-state index in [9.17, 15) is 10.2 Å². The van der Waals surface area contributed by atoms with Crippen LogP contribution in [0.1, 0.15) is 60.3 Å². The molecule has 0 aromatic carbocycles. The van der Waals surface area contributed by atoms with Crippen molar-refractivity contribution in [1.82, 2.24) is 0 Å². The van der Waals surface area contributed by atoms with Crippen molar-refractivity contribution < 1.29 is 10.2 Å². The largest absolute Gasteiger partial charge is 0.390 e. The van der Waals surface area contributed by atoms with Gasteiger partial charge in [-0.25, -0.2) is 0 Å². The van der Waals surface area contributed by atoms with E-state index in [-0.39, 0.29) is 11.3 Å². The van der Waals surface area contributed by atoms with Crippen LogP contribution < -0.4 is 0 Å². The van der Waals surface area contributed by atoms with Crippen LogP contribution in [-0.2, 0) is 0 Å². The van der Waals surface area contributed by atoms with Crippen LogP contribution in [0.25, 0.3) is 0 Å². The topological polar surface area (TPSA) is 40.5 Å². The third-order valence-corrected chi connectivity index (χ3v) is 4.12. The Labute approximate surface area is 93.7 Å². The maximum Gasteiger partial charge on any atom is 0.0699 e. The molecule has 2 unspecified atom stereocenters. The second kappa shape index (κ2) is 3.74. The Balaban J connectivity index is 2.80. The average Bonchev–Trinajstić information content (AvgIpc) is 2.00. The lowest BCUT2D eigenvalue weighted by atomic mass is 9.63. The molecule has 0 heterocycles. The molecule has 0 aromatic heterocycles. The number of aliphatic hydroxyl groups is 2. The van der Waals surface area contributed by atoms with E-state index in [1.54, 1.807) is 0 Å². The summed E-state index contributed by atoms with van der Waals surface area (Å²) in [7, 11) is 0. The van der Waals surface area contributed by atoms with Gasteiger partial charge in [0, 0.05) is 0 Å². The molecule has 1 fully saturated rings. The van der Waals surface area contributed by atoms with E-state index in [4.69, 9.17) is 0 Å². The van der Waals surface area contributed by atoms with Gasteiger partial charge in [0.05, 0.1) is 11.2 Å². The fraction of sp³-hybridized carbons (Fsp3) is 1.00. The molecule has 2 heteroatoms. The van der Waals surface area contributed by atoms with Gasteiger partial charge in [-0.3, -0.25) is 0 Å². The molecule has 0 saturated heterocycles. The molecule has 15 heavy (non-hydrogen) atoms. The van der Waals surface area contributed by atoms with Crippen LogP contribution >= 0.6 is 0 Å². The quantitative estimate of drug-likeness (QED) is 0.704. The van der Waals surface area contributed by atoms with Gasteiger partial charge in [-0.2, -0.15) is 0 Å². The smallest absolute Gasteiger partial charge is 0.0699 e. The van der Waals surface area contributed by atoms with Gasteiger partial charge in [-0.05, 0) is 44.4 Å². The van der Waals surface area contributed by atoms with Crippen molar-refractivity contribution in [3.8, 4) is 0 Å². The normalized spacial score (nSPS) is 34.2. The maximum absolute atomic E-state index is 10.6. The van der Waals surface area contributed by atoms with E-state index >= 15 is 0 Å².